The van der Waals surface area contributed by atoms with Crippen molar-refractivity contribution in [2.75, 3.05) is 7.11 Å². The summed E-state index contributed by atoms with van der Waals surface area (Å²) in [7, 11) is 1.70. The van der Waals surface area contributed by atoms with E-state index < -0.39 is 0 Å². The zero-order valence-corrected chi connectivity index (χ0v) is 10.3. The van der Waals surface area contributed by atoms with Gasteiger partial charge in [-0.3, -0.25) is 0 Å². The minimum absolute atomic E-state index is 0.280. The van der Waals surface area contributed by atoms with Crippen molar-refractivity contribution in [2.45, 2.75) is 19.4 Å². The molecule has 0 saturated carbocycles. The number of halogens is 1. The van der Waals surface area contributed by atoms with Gasteiger partial charge in [0.2, 0.25) is 5.28 Å². The lowest BCUT2D eigenvalue weighted by Crippen LogP contribution is -2.17. The third-order valence-electron chi connectivity index (χ3n) is 2.34. The summed E-state index contributed by atoms with van der Waals surface area (Å²) in [5, 5.41) is 0.280. The van der Waals surface area contributed by atoms with Crippen LogP contribution in [0, 0.1) is 0 Å². The van der Waals surface area contributed by atoms with E-state index in [1.54, 1.807) is 24.6 Å². The van der Waals surface area contributed by atoms with E-state index in [0.717, 1.165) is 15.1 Å². The predicted octanol–water partition coefficient (Wildman–Crippen LogP) is 3.23. The van der Waals surface area contributed by atoms with E-state index in [1.807, 2.05) is 19.9 Å². The fourth-order valence-corrected chi connectivity index (χ4v) is 2.40. The molecule has 0 amide bonds. The Labute approximate surface area is 97.1 Å². The highest BCUT2D eigenvalue weighted by molar-refractivity contribution is 7.19. The summed E-state index contributed by atoms with van der Waals surface area (Å²) < 4.78 is 6.44. The Bertz CT molecular complexity index is 495. The molecule has 2 aromatic rings. The van der Waals surface area contributed by atoms with Crippen molar-refractivity contribution in [3.05, 3.63) is 22.4 Å². The molecule has 0 aliphatic rings. The Morgan fingerprint density at radius 2 is 2.20 bits per heavy atom. The fraction of sp³-hybridized carbons (Fsp3) is 0.400. The maximum absolute atomic E-state index is 5.73. The summed E-state index contributed by atoms with van der Waals surface area (Å²) in [5.41, 5.74) is 0.581. The molecule has 2 aromatic heterocycles. The first-order valence-corrected chi connectivity index (χ1v) is 5.70. The average molecular weight is 243 g/mol. The molecule has 0 bridgehead atoms. The smallest absolute Gasteiger partial charge is 0.222 e. The summed E-state index contributed by atoms with van der Waals surface area (Å²) in [4.78, 5) is 9.23. The minimum atomic E-state index is -0.294. The second-order valence-corrected chi connectivity index (χ2v) is 5.14. The molecule has 3 nitrogen and oxygen atoms in total. The highest BCUT2D eigenvalue weighted by Crippen LogP contribution is 2.33. The molecule has 0 fully saturated rings. The minimum Gasteiger partial charge on any atom is -0.373 e. The number of ether oxygens (including phenoxy) is 1. The molecular formula is C10H11ClN2OS. The third kappa shape index (κ3) is 1.97. The number of nitrogens with zero attached hydrogens (tertiary/aromatic N) is 2. The Morgan fingerprint density at radius 1 is 1.47 bits per heavy atom. The molecule has 80 valence electrons. The van der Waals surface area contributed by atoms with Crippen molar-refractivity contribution in [1.29, 1.82) is 0 Å². The molecule has 5 heteroatoms. The number of fused-ring (bicyclic) bond motifs is 1. The van der Waals surface area contributed by atoms with Crippen LogP contribution < -0.4 is 0 Å². The summed E-state index contributed by atoms with van der Waals surface area (Å²) in [6.45, 7) is 4.04. The van der Waals surface area contributed by atoms with E-state index >= 15 is 0 Å². The molecule has 0 spiro atoms. The van der Waals surface area contributed by atoms with E-state index in [4.69, 9.17) is 16.3 Å². The third-order valence-corrected chi connectivity index (χ3v) is 3.89. The Balaban J connectivity index is 2.56. The molecule has 0 aliphatic carbocycles. The van der Waals surface area contributed by atoms with Gasteiger partial charge in [0.15, 0.2) is 0 Å². The predicted molar refractivity (Wildman–Crippen MR) is 62.5 cm³/mol. The molecule has 15 heavy (non-hydrogen) atoms. The number of thiophene rings is 1. The van der Waals surface area contributed by atoms with Gasteiger partial charge >= 0.3 is 0 Å². The number of hydrogen-bond donors (Lipinski definition) is 0. The Hall–Kier alpha value is -0.710. The highest BCUT2D eigenvalue weighted by Gasteiger charge is 2.22. The zero-order valence-electron chi connectivity index (χ0n) is 8.74. The zero-order chi connectivity index (χ0) is 11.1. The molecule has 2 heterocycles. The number of aromatic nitrogens is 2. The van der Waals surface area contributed by atoms with Crippen molar-refractivity contribution in [1.82, 2.24) is 9.97 Å². The lowest BCUT2D eigenvalue weighted by molar-refractivity contribution is 0.0224. The largest absolute Gasteiger partial charge is 0.373 e. The average Bonchev–Trinajstić information content (AvgIpc) is 2.61. The molecule has 0 aliphatic heterocycles. The van der Waals surface area contributed by atoms with E-state index in [-0.39, 0.29) is 10.9 Å². The van der Waals surface area contributed by atoms with E-state index in [0.29, 0.717) is 0 Å². The van der Waals surface area contributed by atoms with Gasteiger partial charge in [0.05, 0.1) is 15.8 Å². The fourth-order valence-electron chi connectivity index (χ4n) is 1.21. The molecule has 0 atom stereocenters. The van der Waals surface area contributed by atoms with Crippen molar-refractivity contribution < 1.29 is 4.74 Å². The van der Waals surface area contributed by atoms with Gasteiger partial charge in [-0.15, -0.1) is 11.3 Å². The van der Waals surface area contributed by atoms with Crippen LogP contribution in [0.15, 0.2) is 12.3 Å². The van der Waals surface area contributed by atoms with Crippen molar-refractivity contribution in [3.8, 4) is 0 Å². The number of methoxy groups -OCH3 is 1. The van der Waals surface area contributed by atoms with E-state index in [2.05, 4.69) is 9.97 Å². The topological polar surface area (TPSA) is 35.0 Å². The van der Waals surface area contributed by atoms with Gasteiger partial charge in [0.1, 0.15) is 0 Å². The van der Waals surface area contributed by atoms with Crippen LogP contribution in [0.1, 0.15) is 18.7 Å². The SMILES string of the molecule is COC(C)(C)c1cc2nc(Cl)ncc2s1. The molecule has 0 radical (unpaired) electrons. The van der Waals surface area contributed by atoms with Crippen LogP contribution in [0.25, 0.3) is 10.2 Å². The van der Waals surface area contributed by atoms with Gasteiger partial charge in [0.25, 0.3) is 0 Å². The van der Waals surface area contributed by atoms with Gasteiger partial charge in [-0.1, -0.05) is 0 Å². The first-order chi connectivity index (χ1) is 7.03. The van der Waals surface area contributed by atoms with Crippen molar-refractivity contribution in [3.63, 3.8) is 0 Å². The van der Waals surface area contributed by atoms with Gasteiger partial charge < -0.3 is 4.74 Å². The van der Waals surface area contributed by atoms with Crippen LogP contribution in [0.3, 0.4) is 0 Å². The van der Waals surface area contributed by atoms with E-state index in [9.17, 15) is 0 Å². The standard InChI is InChI=1S/C10H11ClN2OS/c1-10(2,14-3)8-4-6-7(15-8)5-12-9(11)13-6/h4-5H,1-3H3. The maximum atomic E-state index is 5.73. The Morgan fingerprint density at radius 3 is 2.87 bits per heavy atom. The van der Waals surface area contributed by atoms with Crippen LogP contribution in [-0.4, -0.2) is 17.1 Å². The maximum Gasteiger partial charge on any atom is 0.222 e. The monoisotopic (exact) mass is 242 g/mol. The quantitative estimate of drug-likeness (QED) is 0.759. The van der Waals surface area contributed by atoms with Crippen molar-refractivity contribution >= 4 is 33.2 Å². The second-order valence-electron chi connectivity index (χ2n) is 3.71. The molecule has 0 saturated heterocycles. The summed E-state index contributed by atoms with van der Waals surface area (Å²) in [6.07, 6.45) is 1.74. The van der Waals surface area contributed by atoms with Crippen molar-refractivity contribution in [2.24, 2.45) is 0 Å². The first-order valence-electron chi connectivity index (χ1n) is 4.50. The summed E-state index contributed by atoms with van der Waals surface area (Å²) >= 11 is 7.36. The Kier molecular flexibility index (Phi) is 2.66. The van der Waals surface area contributed by atoms with Crippen LogP contribution >= 0.6 is 22.9 Å². The second kappa shape index (κ2) is 3.70. The molecule has 2 rings (SSSR count). The molecule has 0 N–H and O–H groups in total. The molecule has 0 aromatic carbocycles. The van der Waals surface area contributed by atoms with Crippen LogP contribution in [0.2, 0.25) is 5.28 Å². The van der Waals surface area contributed by atoms with Gasteiger partial charge in [-0.2, -0.15) is 0 Å². The highest BCUT2D eigenvalue weighted by atomic mass is 35.5. The number of rotatable bonds is 2. The number of hydrogen-bond acceptors (Lipinski definition) is 4. The molecule has 0 unspecified atom stereocenters. The lowest BCUT2D eigenvalue weighted by atomic mass is 10.1. The van der Waals surface area contributed by atoms with Crippen LogP contribution in [0.4, 0.5) is 0 Å². The van der Waals surface area contributed by atoms with Crippen LogP contribution in [0.5, 0.6) is 0 Å². The first kappa shape index (κ1) is 10.8. The normalized spacial score (nSPS) is 12.3. The summed E-state index contributed by atoms with van der Waals surface area (Å²) in [6, 6.07) is 2.00. The molecular weight excluding hydrogens is 232 g/mol. The lowest BCUT2D eigenvalue weighted by Gasteiger charge is -2.20. The van der Waals surface area contributed by atoms with Gasteiger partial charge in [0, 0.05) is 18.2 Å². The van der Waals surface area contributed by atoms with Crippen LogP contribution in [-0.2, 0) is 10.3 Å². The van der Waals surface area contributed by atoms with Gasteiger partial charge in [-0.25, -0.2) is 9.97 Å². The van der Waals surface area contributed by atoms with Gasteiger partial charge in [-0.05, 0) is 31.5 Å². The summed E-state index contributed by atoms with van der Waals surface area (Å²) in [5.74, 6) is 0. The van der Waals surface area contributed by atoms with E-state index in [1.165, 1.54) is 0 Å².